The first-order valence-corrected chi connectivity index (χ1v) is 15.7. The molecule has 0 radical (unpaired) electrons. The van der Waals surface area contributed by atoms with E-state index in [0.29, 0.717) is 23.7 Å². The maximum absolute atomic E-state index is 14.2. The Morgan fingerprint density at radius 1 is 0.976 bits per heavy atom. The van der Waals surface area contributed by atoms with E-state index in [9.17, 15) is 18.0 Å². The summed E-state index contributed by atoms with van der Waals surface area (Å²) >= 11 is 6.40. The van der Waals surface area contributed by atoms with Crippen LogP contribution >= 0.6 is 11.6 Å². The van der Waals surface area contributed by atoms with Crippen molar-refractivity contribution in [1.29, 1.82) is 0 Å². The number of nitrogens with one attached hydrogen (secondary N) is 1. The second-order valence-corrected chi connectivity index (χ2v) is 13.0. The van der Waals surface area contributed by atoms with Crippen LogP contribution in [-0.4, -0.2) is 51.4 Å². The lowest BCUT2D eigenvalue weighted by Gasteiger charge is -2.33. The van der Waals surface area contributed by atoms with Gasteiger partial charge < -0.3 is 15.0 Å². The molecule has 3 rings (SSSR count). The molecule has 42 heavy (non-hydrogen) atoms. The third-order valence-electron chi connectivity index (χ3n) is 6.91. The molecule has 0 bridgehead atoms. The van der Waals surface area contributed by atoms with Crippen LogP contribution < -0.4 is 14.4 Å². The molecule has 0 aliphatic carbocycles. The SMILES string of the molecule is CCC(C(=O)NCC(C)C)N(Cc1ccc(OC)cc1)C(=O)CN(c1ccc(C)c(Cl)c1)S(=O)(=O)c1ccc(C)cc1. The second kappa shape index (κ2) is 14.6. The fourth-order valence-electron chi connectivity index (χ4n) is 4.37. The lowest BCUT2D eigenvalue weighted by Crippen LogP contribution is -2.52. The summed E-state index contributed by atoms with van der Waals surface area (Å²) in [6.45, 7) is 9.51. The Hall–Kier alpha value is -3.56. The van der Waals surface area contributed by atoms with Crippen molar-refractivity contribution in [2.45, 2.75) is 58.5 Å². The number of anilines is 1. The molecule has 10 heteroatoms. The zero-order valence-electron chi connectivity index (χ0n) is 25.1. The first kappa shape index (κ1) is 32.9. The molecule has 0 saturated carbocycles. The Labute approximate surface area is 254 Å². The third-order valence-corrected chi connectivity index (χ3v) is 9.11. The first-order chi connectivity index (χ1) is 19.9. The van der Waals surface area contributed by atoms with E-state index in [1.807, 2.05) is 46.8 Å². The minimum atomic E-state index is -4.17. The Morgan fingerprint density at radius 2 is 1.62 bits per heavy atom. The number of ether oxygens (including phenoxy) is 1. The first-order valence-electron chi connectivity index (χ1n) is 13.9. The van der Waals surface area contributed by atoms with Gasteiger partial charge in [0.25, 0.3) is 10.0 Å². The second-order valence-electron chi connectivity index (χ2n) is 10.7. The predicted octanol–water partition coefficient (Wildman–Crippen LogP) is 5.74. The van der Waals surface area contributed by atoms with Gasteiger partial charge in [0.05, 0.1) is 17.7 Å². The molecule has 0 aromatic heterocycles. The van der Waals surface area contributed by atoms with Crippen molar-refractivity contribution in [3.8, 4) is 5.75 Å². The monoisotopic (exact) mass is 613 g/mol. The Bertz CT molecular complexity index is 1470. The van der Waals surface area contributed by atoms with Crippen LogP contribution in [0.25, 0.3) is 0 Å². The summed E-state index contributed by atoms with van der Waals surface area (Å²) in [5, 5.41) is 3.30. The number of methoxy groups -OCH3 is 1. The molecule has 8 nitrogen and oxygen atoms in total. The van der Waals surface area contributed by atoms with Crippen molar-refractivity contribution in [1.82, 2.24) is 10.2 Å². The van der Waals surface area contributed by atoms with Gasteiger partial charge in [-0.25, -0.2) is 8.42 Å². The number of sulfonamides is 1. The Balaban J connectivity index is 2.06. The maximum Gasteiger partial charge on any atom is 0.264 e. The highest BCUT2D eigenvalue weighted by molar-refractivity contribution is 7.92. The van der Waals surface area contributed by atoms with Crippen LogP contribution in [0, 0.1) is 19.8 Å². The van der Waals surface area contributed by atoms with Gasteiger partial charge in [-0.1, -0.05) is 68.3 Å². The van der Waals surface area contributed by atoms with E-state index in [-0.39, 0.29) is 29.0 Å². The fraction of sp³-hybridized carbons (Fsp3) is 0.375. The molecular formula is C32H40ClN3O5S. The number of carbonyl (C=O) groups excluding carboxylic acids is 2. The van der Waals surface area contributed by atoms with Crippen molar-refractivity contribution >= 4 is 39.1 Å². The van der Waals surface area contributed by atoms with Gasteiger partial charge in [-0.15, -0.1) is 0 Å². The Morgan fingerprint density at radius 3 is 2.17 bits per heavy atom. The molecule has 0 saturated heterocycles. The van der Waals surface area contributed by atoms with Gasteiger partial charge in [-0.3, -0.25) is 13.9 Å². The molecule has 1 N–H and O–H groups in total. The van der Waals surface area contributed by atoms with Crippen molar-refractivity contribution in [3.05, 3.63) is 88.4 Å². The fourth-order valence-corrected chi connectivity index (χ4v) is 5.95. The molecule has 0 aliphatic rings. The summed E-state index contributed by atoms with van der Waals surface area (Å²) in [7, 11) is -2.61. The summed E-state index contributed by atoms with van der Waals surface area (Å²) < 4.78 is 34.3. The zero-order valence-corrected chi connectivity index (χ0v) is 26.6. The largest absolute Gasteiger partial charge is 0.497 e. The lowest BCUT2D eigenvalue weighted by atomic mass is 10.1. The molecule has 2 amide bonds. The van der Waals surface area contributed by atoms with E-state index in [1.54, 1.807) is 43.5 Å². The molecule has 226 valence electrons. The molecule has 1 atom stereocenters. The van der Waals surface area contributed by atoms with E-state index in [2.05, 4.69) is 5.32 Å². The summed E-state index contributed by atoms with van der Waals surface area (Å²) in [5.74, 6) is 0.0627. The lowest BCUT2D eigenvalue weighted by molar-refractivity contribution is -0.140. The average Bonchev–Trinajstić information content (AvgIpc) is 2.96. The number of halogens is 1. The smallest absolute Gasteiger partial charge is 0.264 e. The Kier molecular flexibility index (Phi) is 11.4. The predicted molar refractivity (Wildman–Crippen MR) is 167 cm³/mol. The number of hydrogen-bond donors (Lipinski definition) is 1. The molecular weight excluding hydrogens is 574 g/mol. The summed E-state index contributed by atoms with van der Waals surface area (Å²) in [4.78, 5) is 29.0. The number of hydrogen-bond acceptors (Lipinski definition) is 5. The van der Waals surface area contributed by atoms with E-state index >= 15 is 0 Å². The van der Waals surface area contributed by atoms with E-state index in [4.69, 9.17) is 16.3 Å². The summed E-state index contributed by atoms with van der Waals surface area (Å²) in [6, 6.07) is 17.7. The van der Waals surface area contributed by atoms with Gasteiger partial charge in [0.2, 0.25) is 11.8 Å². The molecule has 0 spiro atoms. The van der Waals surface area contributed by atoms with Gasteiger partial charge in [0, 0.05) is 18.1 Å². The molecule has 1 unspecified atom stereocenters. The van der Waals surface area contributed by atoms with Crippen LogP contribution in [-0.2, 0) is 26.2 Å². The highest BCUT2D eigenvalue weighted by atomic mass is 35.5. The highest BCUT2D eigenvalue weighted by Gasteiger charge is 2.34. The molecule has 0 heterocycles. The molecule has 0 aliphatic heterocycles. The van der Waals surface area contributed by atoms with Crippen LogP contribution in [0.5, 0.6) is 5.75 Å². The van der Waals surface area contributed by atoms with Crippen molar-refractivity contribution < 1.29 is 22.7 Å². The zero-order chi connectivity index (χ0) is 31.0. The quantitative estimate of drug-likeness (QED) is 0.265. The maximum atomic E-state index is 14.2. The minimum Gasteiger partial charge on any atom is -0.497 e. The van der Waals surface area contributed by atoms with Gasteiger partial charge >= 0.3 is 0 Å². The van der Waals surface area contributed by atoms with E-state index in [1.165, 1.54) is 23.1 Å². The van der Waals surface area contributed by atoms with Crippen LogP contribution in [0.2, 0.25) is 5.02 Å². The standard InChI is InChI=1S/C32H40ClN3O5S/c1-7-30(32(38)34-19-22(2)3)35(20-25-11-14-27(41-6)15-12-25)31(37)21-36(26-13-10-24(5)29(33)18-26)42(39,40)28-16-8-23(4)9-17-28/h8-18,22,30H,7,19-21H2,1-6H3,(H,34,38). The van der Waals surface area contributed by atoms with Gasteiger partial charge in [0.15, 0.2) is 0 Å². The molecule has 3 aromatic rings. The molecule has 3 aromatic carbocycles. The van der Waals surface area contributed by atoms with Crippen molar-refractivity contribution in [2.24, 2.45) is 5.92 Å². The minimum absolute atomic E-state index is 0.0426. The number of nitrogens with zero attached hydrogens (tertiary/aromatic N) is 2. The topological polar surface area (TPSA) is 96.0 Å². The summed E-state index contributed by atoms with van der Waals surface area (Å²) in [6.07, 6.45) is 0.340. The summed E-state index contributed by atoms with van der Waals surface area (Å²) in [5.41, 5.74) is 2.69. The number of benzene rings is 3. The van der Waals surface area contributed by atoms with Crippen molar-refractivity contribution in [3.63, 3.8) is 0 Å². The van der Waals surface area contributed by atoms with Gasteiger partial charge in [0.1, 0.15) is 18.3 Å². The highest BCUT2D eigenvalue weighted by Crippen LogP contribution is 2.29. The number of aryl methyl sites for hydroxylation is 2. The number of carbonyl (C=O) groups is 2. The number of amides is 2. The normalized spacial score (nSPS) is 12.1. The van der Waals surface area contributed by atoms with Crippen molar-refractivity contribution in [2.75, 3.05) is 24.5 Å². The van der Waals surface area contributed by atoms with Crippen LogP contribution in [0.3, 0.4) is 0 Å². The van der Waals surface area contributed by atoms with E-state index in [0.717, 1.165) is 21.0 Å². The van der Waals surface area contributed by atoms with Crippen LogP contribution in [0.1, 0.15) is 43.9 Å². The van der Waals surface area contributed by atoms with Gasteiger partial charge in [-0.05, 0) is 73.7 Å². The third kappa shape index (κ3) is 8.26. The number of rotatable bonds is 13. The van der Waals surface area contributed by atoms with Crippen LogP contribution in [0.4, 0.5) is 5.69 Å². The average molecular weight is 614 g/mol. The van der Waals surface area contributed by atoms with Crippen LogP contribution in [0.15, 0.2) is 71.6 Å². The van der Waals surface area contributed by atoms with E-state index < -0.39 is 28.5 Å². The van der Waals surface area contributed by atoms with Gasteiger partial charge in [-0.2, -0.15) is 0 Å². The molecule has 0 fully saturated rings.